The van der Waals surface area contributed by atoms with Gasteiger partial charge in [-0.25, -0.2) is 0 Å². The van der Waals surface area contributed by atoms with Gasteiger partial charge in [-0.2, -0.15) is 0 Å². The van der Waals surface area contributed by atoms with E-state index in [2.05, 4.69) is 17.2 Å². The van der Waals surface area contributed by atoms with Gasteiger partial charge >= 0.3 is 0 Å². The number of hydrogen-bond donors (Lipinski definition) is 2. The van der Waals surface area contributed by atoms with Crippen LogP contribution in [0.25, 0.3) is 0 Å². The van der Waals surface area contributed by atoms with Crippen molar-refractivity contribution < 1.29 is 33.4 Å². The van der Waals surface area contributed by atoms with Crippen molar-refractivity contribution >= 4 is 29.4 Å². The Bertz CT molecular complexity index is 1360. The highest BCUT2D eigenvalue weighted by atomic mass is 16.5. The summed E-state index contributed by atoms with van der Waals surface area (Å²) in [5, 5.41) is 6.02. The summed E-state index contributed by atoms with van der Waals surface area (Å²) in [5.74, 6) is -1.91. The number of ketones is 1. The largest absolute Gasteiger partial charge is 0.379 e. The lowest BCUT2D eigenvalue weighted by Gasteiger charge is -2.41. The van der Waals surface area contributed by atoms with E-state index >= 15 is 0 Å². The molecular weight excluding hydrogens is 711 g/mol. The van der Waals surface area contributed by atoms with E-state index in [-0.39, 0.29) is 65.7 Å². The molecule has 9 unspecified atom stereocenters. The fourth-order valence-electron chi connectivity index (χ4n) is 7.87. The summed E-state index contributed by atoms with van der Waals surface area (Å²) < 4.78 is 12.0. The van der Waals surface area contributed by atoms with Crippen LogP contribution in [0.1, 0.15) is 108 Å². The second-order valence-corrected chi connectivity index (χ2v) is 16.6. The Morgan fingerprint density at radius 2 is 1.54 bits per heavy atom. The molecule has 1 saturated heterocycles. The number of allylic oxidation sites excluding steroid dienone is 4. The first-order chi connectivity index (χ1) is 26.2. The highest BCUT2D eigenvalue weighted by molar-refractivity contribution is 5.90. The first kappa shape index (κ1) is 50.7. The number of nitrogens with zero attached hydrogens (tertiary/aromatic N) is 3. The molecule has 0 aromatic heterocycles. The first-order valence-electron chi connectivity index (χ1n) is 20.6. The summed E-state index contributed by atoms with van der Waals surface area (Å²) in [4.78, 5) is 74.1. The van der Waals surface area contributed by atoms with Crippen LogP contribution in [-0.2, 0) is 33.4 Å². The van der Waals surface area contributed by atoms with Gasteiger partial charge in [0, 0.05) is 33.9 Å². The Morgan fingerprint density at radius 1 is 0.911 bits per heavy atom. The number of likely N-dealkylation sites (tertiary alicyclic amines) is 1. The average molecular weight is 788 g/mol. The minimum Gasteiger partial charge on any atom is -0.379 e. The van der Waals surface area contributed by atoms with Gasteiger partial charge in [0.1, 0.15) is 6.04 Å². The third-order valence-corrected chi connectivity index (χ3v) is 11.7. The summed E-state index contributed by atoms with van der Waals surface area (Å²) in [6, 6.07) is -2.60. The van der Waals surface area contributed by atoms with E-state index in [9.17, 15) is 24.0 Å². The molecule has 1 aliphatic rings. The van der Waals surface area contributed by atoms with Crippen LogP contribution in [-0.4, -0.2) is 127 Å². The maximum atomic E-state index is 14.4. The normalized spacial score (nSPS) is 19.4. The molecule has 9 atom stereocenters. The van der Waals surface area contributed by atoms with Gasteiger partial charge in [-0.1, -0.05) is 85.8 Å². The zero-order valence-corrected chi connectivity index (χ0v) is 37.4. The summed E-state index contributed by atoms with van der Waals surface area (Å²) in [6.07, 6.45) is 8.42. The van der Waals surface area contributed by atoms with E-state index in [0.717, 1.165) is 18.4 Å². The number of rotatable bonds is 24. The molecule has 12 nitrogen and oxygen atoms in total. The predicted octanol–water partition coefficient (Wildman–Crippen LogP) is 5.56. The van der Waals surface area contributed by atoms with Crippen LogP contribution in [0.2, 0.25) is 0 Å². The molecule has 12 heteroatoms. The lowest BCUT2D eigenvalue weighted by molar-refractivity contribution is -0.148. The van der Waals surface area contributed by atoms with Crippen molar-refractivity contribution in [2.75, 3.05) is 34.9 Å². The van der Waals surface area contributed by atoms with Crippen LogP contribution >= 0.6 is 0 Å². The molecule has 2 N–H and O–H groups in total. The fourth-order valence-corrected chi connectivity index (χ4v) is 7.87. The molecule has 1 fully saturated rings. The molecule has 0 saturated carbocycles. The zero-order valence-electron chi connectivity index (χ0n) is 37.4. The third-order valence-electron chi connectivity index (χ3n) is 11.7. The Labute approximate surface area is 339 Å². The summed E-state index contributed by atoms with van der Waals surface area (Å²) >= 11 is 0. The molecule has 4 amide bonds. The van der Waals surface area contributed by atoms with Gasteiger partial charge in [-0.3, -0.25) is 28.9 Å². The minimum absolute atomic E-state index is 0.0146. The van der Waals surface area contributed by atoms with Crippen LogP contribution in [0.3, 0.4) is 0 Å². The molecule has 0 aliphatic carbocycles. The van der Waals surface area contributed by atoms with Crippen LogP contribution in [0.4, 0.5) is 0 Å². The van der Waals surface area contributed by atoms with Gasteiger partial charge < -0.3 is 29.9 Å². The molecule has 0 spiro atoms. The van der Waals surface area contributed by atoms with Crippen molar-refractivity contribution in [1.29, 1.82) is 0 Å². The monoisotopic (exact) mass is 788 g/mol. The Balaban J connectivity index is 3.32. The van der Waals surface area contributed by atoms with E-state index in [1.165, 1.54) is 6.92 Å². The van der Waals surface area contributed by atoms with Crippen LogP contribution in [0, 0.1) is 23.7 Å². The van der Waals surface area contributed by atoms with Crippen molar-refractivity contribution in [3.05, 3.63) is 36.5 Å². The maximum absolute atomic E-state index is 14.4. The fraction of sp³-hybridized carbons (Fsp3) is 0.750. The highest BCUT2D eigenvalue weighted by Gasteiger charge is 2.43. The van der Waals surface area contributed by atoms with Gasteiger partial charge in [-0.05, 0) is 77.3 Å². The van der Waals surface area contributed by atoms with E-state index in [1.54, 1.807) is 50.1 Å². The van der Waals surface area contributed by atoms with Crippen molar-refractivity contribution in [3.8, 4) is 0 Å². The summed E-state index contributed by atoms with van der Waals surface area (Å²) in [5.41, 5.74) is 0.892. The molecule has 1 rings (SSSR count). The number of carbonyl (C=O) groups excluding carboxylic acids is 5. The van der Waals surface area contributed by atoms with Crippen LogP contribution in [0.5, 0.6) is 0 Å². The standard InChI is InChI=1S/C44H77N5O7/c1-17-20-22-33(19-3)25-34(32(12)50)45-42(52)31(11)41(56-16)35-23-21-24-49(35)37(51)26-36(55-15)40(30(10)18-2)48(14)44(54)38(27(4)5)46-43(53)39(28(6)7)47(13)29(8)9/h17,19-20,22,27-31,34-36,38-41H,1,18,21,23-26H2,2-16H3,(H,45,52)(H,46,53)/b22-20-,33-19+. The maximum Gasteiger partial charge on any atom is 0.245 e. The Hall–Kier alpha value is -3.35. The van der Waals surface area contributed by atoms with Crippen molar-refractivity contribution in [1.82, 2.24) is 25.3 Å². The molecule has 1 aliphatic heterocycles. The molecule has 1 heterocycles. The Kier molecular flexibility index (Phi) is 22.1. The van der Waals surface area contributed by atoms with Crippen molar-refractivity contribution in [3.63, 3.8) is 0 Å². The second-order valence-electron chi connectivity index (χ2n) is 16.6. The molecule has 320 valence electrons. The van der Waals surface area contributed by atoms with Gasteiger partial charge in [-0.15, -0.1) is 0 Å². The molecule has 0 aromatic carbocycles. The quantitative estimate of drug-likeness (QED) is 0.121. The number of ether oxygens (including phenoxy) is 2. The van der Waals surface area contributed by atoms with Crippen LogP contribution < -0.4 is 10.6 Å². The van der Waals surface area contributed by atoms with Crippen molar-refractivity contribution in [2.24, 2.45) is 23.7 Å². The van der Waals surface area contributed by atoms with E-state index in [1.807, 2.05) is 86.4 Å². The molecule has 0 radical (unpaired) electrons. The first-order valence-corrected chi connectivity index (χ1v) is 20.6. The number of carbonyl (C=O) groups is 5. The van der Waals surface area contributed by atoms with Gasteiger partial charge in [0.05, 0.1) is 48.7 Å². The number of amides is 4. The lowest BCUT2D eigenvalue weighted by Crippen LogP contribution is -2.60. The zero-order chi connectivity index (χ0) is 43.0. The van der Waals surface area contributed by atoms with Gasteiger partial charge in [0.25, 0.3) is 0 Å². The summed E-state index contributed by atoms with van der Waals surface area (Å²) in [7, 11) is 6.77. The SMILES string of the molecule is C=C/C=C\C(=C/C)CC(NC(=O)C(C)C(OC)C1CCCN1C(=O)CC(OC)C(C(C)CC)N(C)C(=O)C(NC(=O)C(C(C)C)N(C)C(C)C)C(C)C)C(C)=O. The van der Waals surface area contributed by atoms with Crippen LogP contribution in [0.15, 0.2) is 36.5 Å². The number of hydrogen-bond acceptors (Lipinski definition) is 8. The van der Waals surface area contributed by atoms with E-state index in [0.29, 0.717) is 19.4 Å². The topological polar surface area (TPSA) is 138 Å². The Morgan fingerprint density at radius 3 is 2.00 bits per heavy atom. The van der Waals surface area contributed by atoms with Crippen molar-refractivity contribution in [2.45, 2.75) is 157 Å². The molecular formula is C44H77N5O7. The third kappa shape index (κ3) is 13.9. The predicted molar refractivity (Wildman–Crippen MR) is 225 cm³/mol. The highest BCUT2D eigenvalue weighted by Crippen LogP contribution is 2.30. The van der Waals surface area contributed by atoms with E-state index in [4.69, 9.17) is 9.47 Å². The lowest BCUT2D eigenvalue weighted by atomic mass is 9.89. The number of nitrogens with one attached hydrogen (secondary N) is 2. The second kappa shape index (κ2) is 24.4. The number of Topliss-reactive ketones (excluding diaryl/α,β-unsaturated/α-hetero) is 1. The average Bonchev–Trinajstić information content (AvgIpc) is 3.63. The smallest absolute Gasteiger partial charge is 0.245 e. The van der Waals surface area contributed by atoms with Gasteiger partial charge in [0.2, 0.25) is 23.6 Å². The molecule has 0 aromatic rings. The van der Waals surface area contributed by atoms with Gasteiger partial charge in [0.15, 0.2) is 5.78 Å². The molecule has 0 bridgehead atoms. The summed E-state index contributed by atoms with van der Waals surface area (Å²) in [6.45, 7) is 25.3. The molecule has 56 heavy (non-hydrogen) atoms. The van der Waals surface area contributed by atoms with E-state index < -0.39 is 42.3 Å². The minimum atomic E-state index is -0.775. The number of methoxy groups -OCH3 is 2. The number of likely N-dealkylation sites (N-methyl/N-ethyl adjacent to an activating group) is 2.